The topological polar surface area (TPSA) is 38.3 Å². The third kappa shape index (κ3) is 5.53. The number of esters is 1. The van der Waals surface area contributed by atoms with Crippen molar-refractivity contribution < 1.29 is 9.53 Å². The Morgan fingerprint density at radius 3 is 2.41 bits per heavy atom. The second-order valence-corrected chi connectivity index (χ2v) is 6.39. The number of ether oxygens (including phenoxy) is 1. The quantitative estimate of drug-likeness (QED) is 0.769. The maximum atomic E-state index is 11.5. The lowest BCUT2D eigenvalue weighted by Crippen LogP contribution is -2.34. The molecule has 1 aliphatic rings. The lowest BCUT2D eigenvalue weighted by atomic mass is 9.74. The molecule has 1 heterocycles. The zero-order valence-corrected chi connectivity index (χ0v) is 11.7. The molecule has 0 saturated carbocycles. The van der Waals surface area contributed by atoms with Gasteiger partial charge in [0.05, 0.1) is 7.11 Å². The van der Waals surface area contributed by atoms with Crippen molar-refractivity contribution in [2.45, 2.75) is 46.5 Å². The molecule has 0 amide bonds. The minimum Gasteiger partial charge on any atom is -0.469 e. The van der Waals surface area contributed by atoms with Crippen molar-refractivity contribution in [1.29, 1.82) is 0 Å². The van der Waals surface area contributed by atoms with Gasteiger partial charge in [-0.15, -0.1) is 0 Å². The minimum absolute atomic E-state index is 0.0576. The molecule has 0 aromatic carbocycles. The van der Waals surface area contributed by atoms with Crippen LogP contribution in [0, 0.1) is 17.3 Å². The normalized spacial score (nSPS) is 20.0. The standard InChI is InChI=1S/C14H27NO2/c1-14(2,3)10-12(9-13(16)17-4)11-5-7-15-8-6-11/h11-12,15H,5-10H2,1-4H3/t12-/m1/s1. The summed E-state index contributed by atoms with van der Waals surface area (Å²) in [5.74, 6) is 1.09. The molecule has 1 rings (SSSR count). The molecule has 1 aliphatic heterocycles. The first-order valence-corrected chi connectivity index (χ1v) is 6.70. The van der Waals surface area contributed by atoms with E-state index in [2.05, 4.69) is 26.1 Å². The molecule has 1 fully saturated rings. The molecular weight excluding hydrogens is 214 g/mol. The molecule has 0 aromatic heterocycles. The van der Waals surface area contributed by atoms with Gasteiger partial charge < -0.3 is 10.1 Å². The number of nitrogens with one attached hydrogen (secondary N) is 1. The fourth-order valence-corrected chi connectivity index (χ4v) is 2.81. The highest BCUT2D eigenvalue weighted by atomic mass is 16.5. The lowest BCUT2D eigenvalue weighted by molar-refractivity contribution is -0.142. The number of carbonyl (C=O) groups excluding carboxylic acids is 1. The predicted molar refractivity (Wildman–Crippen MR) is 69.8 cm³/mol. The summed E-state index contributed by atoms with van der Waals surface area (Å²) in [7, 11) is 1.49. The van der Waals surface area contributed by atoms with Gasteiger partial charge in [0.15, 0.2) is 0 Å². The van der Waals surface area contributed by atoms with Gasteiger partial charge in [0.25, 0.3) is 0 Å². The average Bonchev–Trinajstić information content (AvgIpc) is 2.27. The summed E-state index contributed by atoms with van der Waals surface area (Å²) in [6.07, 6.45) is 4.07. The number of hydrogen-bond donors (Lipinski definition) is 1. The third-order valence-electron chi connectivity index (χ3n) is 3.58. The number of rotatable bonds is 4. The van der Waals surface area contributed by atoms with Gasteiger partial charge in [-0.05, 0) is 49.6 Å². The fourth-order valence-electron chi connectivity index (χ4n) is 2.81. The number of piperidine rings is 1. The Balaban J connectivity index is 2.59. The summed E-state index contributed by atoms with van der Waals surface area (Å²) in [5.41, 5.74) is 0.281. The van der Waals surface area contributed by atoms with Crippen molar-refractivity contribution in [3.05, 3.63) is 0 Å². The summed E-state index contributed by atoms with van der Waals surface area (Å²) in [5, 5.41) is 3.38. The molecule has 0 aromatic rings. The Kier molecular flexibility index (Phi) is 5.44. The van der Waals surface area contributed by atoms with Gasteiger partial charge in [0.1, 0.15) is 0 Å². The molecule has 0 aliphatic carbocycles. The number of methoxy groups -OCH3 is 1. The largest absolute Gasteiger partial charge is 0.469 e. The first-order chi connectivity index (χ1) is 7.92. The van der Waals surface area contributed by atoms with Gasteiger partial charge in [-0.3, -0.25) is 4.79 Å². The summed E-state index contributed by atoms with van der Waals surface area (Å²) < 4.78 is 4.83. The van der Waals surface area contributed by atoms with Gasteiger partial charge in [0, 0.05) is 6.42 Å². The van der Waals surface area contributed by atoms with Crippen LogP contribution in [0.4, 0.5) is 0 Å². The highest BCUT2D eigenvalue weighted by Gasteiger charge is 2.29. The van der Waals surface area contributed by atoms with Crippen LogP contribution in [0.5, 0.6) is 0 Å². The van der Waals surface area contributed by atoms with E-state index in [0.717, 1.165) is 19.5 Å². The Hall–Kier alpha value is -0.570. The van der Waals surface area contributed by atoms with Crippen LogP contribution >= 0.6 is 0 Å². The Bertz CT molecular complexity index is 239. The lowest BCUT2D eigenvalue weighted by Gasteiger charge is -2.34. The molecule has 3 nitrogen and oxygen atoms in total. The van der Waals surface area contributed by atoms with Crippen LogP contribution in [0.2, 0.25) is 0 Å². The molecule has 1 saturated heterocycles. The molecule has 1 atom stereocenters. The predicted octanol–water partition coefficient (Wildman–Crippen LogP) is 2.60. The van der Waals surface area contributed by atoms with Gasteiger partial charge >= 0.3 is 5.97 Å². The molecule has 100 valence electrons. The highest BCUT2D eigenvalue weighted by Crippen LogP contribution is 2.35. The fraction of sp³-hybridized carbons (Fsp3) is 0.929. The van der Waals surface area contributed by atoms with Gasteiger partial charge in [-0.2, -0.15) is 0 Å². The van der Waals surface area contributed by atoms with E-state index < -0.39 is 0 Å². The molecule has 0 bridgehead atoms. The molecular formula is C14H27NO2. The molecule has 0 spiro atoms. The van der Waals surface area contributed by atoms with E-state index in [1.54, 1.807) is 0 Å². The maximum absolute atomic E-state index is 11.5. The number of hydrogen-bond acceptors (Lipinski definition) is 3. The third-order valence-corrected chi connectivity index (χ3v) is 3.58. The molecule has 1 N–H and O–H groups in total. The van der Waals surface area contributed by atoms with E-state index >= 15 is 0 Å². The first kappa shape index (κ1) is 14.5. The van der Waals surface area contributed by atoms with Crippen molar-refractivity contribution in [2.24, 2.45) is 17.3 Å². The van der Waals surface area contributed by atoms with E-state index in [1.807, 2.05) is 0 Å². The SMILES string of the molecule is COC(=O)C[C@H](CC(C)(C)C)C1CCNCC1. The van der Waals surface area contributed by atoms with E-state index in [1.165, 1.54) is 20.0 Å². The van der Waals surface area contributed by atoms with Crippen molar-refractivity contribution in [2.75, 3.05) is 20.2 Å². The van der Waals surface area contributed by atoms with E-state index in [-0.39, 0.29) is 11.4 Å². The molecule has 0 radical (unpaired) electrons. The summed E-state index contributed by atoms with van der Waals surface area (Å²) in [6, 6.07) is 0. The van der Waals surface area contributed by atoms with Crippen LogP contribution in [0.3, 0.4) is 0 Å². The zero-order chi connectivity index (χ0) is 12.9. The highest BCUT2D eigenvalue weighted by molar-refractivity contribution is 5.69. The van der Waals surface area contributed by atoms with Crippen LogP contribution in [0.1, 0.15) is 46.5 Å². The maximum Gasteiger partial charge on any atom is 0.305 e. The average molecular weight is 241 g/mol. The monoisotopic (exact) mass is 241 g/mol. The van der Waals surface area contributed by atoms with Crippen LogP contribution in [0.25, 0.3) is 0 Å². The minimum atomic E-state index is -0.0576. The van der Waals surface area contributed by atoms with Crippen molar-refractivity contribution >= 4 is 5.97 Å². The summed E-state index contributed by atoms with van der Waals surface area (Å²) >= 11 is 0. The molecule has 17 heavy (non-hydrogen) atoms. The smallest absolute Gasteiger partial charge is 0.305 e. The second-order valence-electron chi connectivity index (χ2n) is 6.39. The van der Waals surface area contributed by atoms with E-state index in [4.69, 9.17) is 4.74 Å². The van der Waals surface area contributed by atoms with E-state index in [9.17, 15) is 4.79 Å². The van der Waals surface area contributed by atoms with Crippen molar-refractivity contribution in [3.63, 3.8) is 0 Å². The van der Waals surface area contributed by atoms with E-state index in [0.29, 0.717) is 18.3 Å². The van der Waals surface area contributed by atoms with Gasteiger partial charge in [0.2, 0.25) is 0 Å². The van der Waals surface area contributed by atoms with Gasteiger partial charge in [-0.1, -0.05) is 20.8 Å². The summed E-state index contributed by atoms with van der Waals surface area (Å²) in [6.45, 7) is 8.92. The van der Waals surface area contributed by atoms with Crippen LogP contribution in [0.15, 0.2) is 0 Å². The van der Waals surface area contributed by atoms with Crippen molar-refractivity contribution in [3.8, 4) is 0 Å². The van der Waals surface area contributed by atoms with Crippen molar-refractivity contribution in [1.82, 2.24) is 5.32 Å². The summed E-state index contributed by atoms with van der Waals surface area (Å²) in [4.78, 5) is 11.5. The Labute approximate surface area is 105 Å². The van der Waals surface area contributed by atoms with Crippen LogP contribution in [-0.2, 0) is 9.53 Å². The zero-order valence-electron chi connectivity index (χ0n) is 11.7. The first-order valence-electron chi connectivity index (χ1n) is 6.70. The Morgan fingerprint density at radius 2 is 1.94 bits per heavy atom. The second kappa shape index (κ2) is 6.39. The van der Waals surface area contributed by atoms with Gasteiger partial charge in [-0.25, -0.2) is 0 Å². The van der Waals surface area contributed by atoms with Crippen LogP contribution < -0.4 is 5.32 Å². The number of carbonyl (C=O) groups is 1. The molecule has 3 heteroatoms. The Morgan fingerprint density at radius 1 is 1.35 bits per heavy atom. The molecule has 0 unspecified atom stereocenters. The van der Waals surface area contributed by atoms with Crippen LogP contribution in [-0.4, -0.2) is 26.2 Å².